The molecule has 2 N–H and O–H groups in total. The number of piperidine rings is 1. The molecule has 1 aliphatic heterocycles. The Kier molecular flexibility index (Phi) is 3.75. The Morgan fingerprint density at radius 3 is 2.63 bits per heavy atom. The molecule has 0 bridgehead atoms. The van der Waals surface area contributed by atoms with Crippen molar-refractivity contribution in [2.45, 2.75) is 18.8 Å². The van der Waals surface area contributed by atoms with Gasteiger partial charge in [-0.2, -0.15) is 0 Å². The number of ether oxygens (including phenoxy) is 1. The number of halogens is 3. The van der Waals surface area contributed by atoms with Crippen molar-refractivity contribution in [2.75, 3.05) is 18.0 Å². The standard InChI is InChI=1S/C11H12ClF2N3O2/c12-7-5-9(19-10(15)18)16-6-8(7)17-3-1-11(13,14)2-4-17/h5-6H,1-4H2,(H2,15,18). The number of amides is 1. The van der Waals surface area contributed by atoms with Crippen molar-refractivity contribution in [1.82, 2.24) is 4.98 Å². The van der Waals surface area contributed by atoms with Crippen LogP contribution in [0.3, 0.4) is 0 Å². The van der Waals surface area contributed by atoms with E-state index < -0.39 is 12.0 Å². The van der Waals surface area contributed by atoms with E-state index in [1.807, 2.05) is 0 Å². The molecule has 1 amide bonds. The molecule has 0 aromatic carbocycles. The summed E-state index contributed by atoms with van der Waals surface area (Å²) < 4.78 is 30.7. The zero-order valence-corrected chi connectivity index (χ0v) is 10.7. The Hall–Kier alpha value is -1.63. The highest BCUT2D eigenvalue weighted by Gasteiger charge is 2.34. The summed E-state index contributed by atoms with van der Waals surface area (Å²) in [7, 11) is 0. The van der Waals surface area contributed by atoms with Gasteiger partial charge in [-0.05, 0) is 0 Å². The molecule has 8 heteroatoms. The highest BCUT2D eigenvalue weighted by molar-refractivity contribution is 6.33. The molecular formula is C11H12ClF2N3O2. The predicted molar refractivity (Wildman–Crippen MR) is 65.9 cm³/mol. The minimum Gasteiger partial charge on any atom is -0.391 e. The third-order valence-electron chi connectivity index (χ3n) is 2.85. The number of anilines is 1. The van der Waals surface area contributed by atoms with E-state index in [4.69, 9.17) is 17.3 Å². The summed E-state index contributed by atoms with van der Waals surface area (Å²) in [6, 6.07) is 1.33. The van der Waals surface area contributed by atoms with Crippen LogP contribution in [0.4, 0.5) is 19.3 Å². The number of primary amides is 1. The van der Waals surface area contributed by atoms with Gasteiger partial charge in [-0.1, -0.05) is 11.6 Å². The fourth-order valence-corrected chi connectivity index (χ4v) is 2.13. The molecule has 0 spiro atoms. The molecule has 0 saturated carbocycles. The molecule has 2 heterocycles. The van der Waals surface area contributed by atoms with Crippen LogP contribution in [0.1, 0.15) is 12.8 Å². The first-order chi connectivity index (χ1) is 8.87. The maximum absolute atomic E-state index is 13.1. The van der Waals surface area contributed by atoms with E-state index >= 15 is 0 Å². The number of nitrogens with zero attached hydrogens (tertiary/aromatic N) is 2. The van der Waals surface area contributed by atoms with Crippen LogP contribution in [0.5, 0.6) is 5.88 Å². The molecule has 2 rings (SSSR count). The minimum absolute atomic E-state index is 0.0245. The average molecular weight is 292 g/mol. The van der Waals surface area contributed by atoms with Crippen molar-refractivity contribution in [1.29, 1.82) is 0 Å². The van der Waals surface area contributed by atoms with E-state index in [1.165, 1.54) is 12.3 Å². The fraction of sp³-hybridized carbons (Fsp3) is 0.455. The Balaban J connectivity index is 2.11. The van der Waals surface area contributed by atoms with Gasteiger partial charge in [-0.15, -0.1) is 0 Å². The second kappa shape index (κ2) is 5.16. The maximum Gasteiger partial charge on any atom is 0.411 e. The lowest BCUT2D eigenvalue weighted by Crippen LogP contribution is -2.39. The number of nitrogens with two attached hydrogens (primary N) is 1. The number of carbonyl (C=O) groups excluding carboxylic acids is 1. The van der Waals surface area contributed by atoms with Gasteiger partial charge in [-0.3, -0.25) is 0 Å². The SMILES string of the molecule is NC(=O)Oc1cc(Cl)c(N2CCC(F)(F)CC2)cn1. The number of pyridine rings is 1. The van der Waals surface area contributed by atoms with Crippen LogP contribution in [0.15, 0.2) is 12.3 Å². The number of carbonyl (C=O) groups is 1. The Morgan fingerprint density at radius 1 is 1.47 bits per heavy atom. The van der Waals surface area contributed by atoms with Crippen LogP contribution in [0, 0.1) is 0 Å². The minimum atomic E-state index is -2.62. The molecule has 1 aromatic heterocycles. The number of rotatable bonds is 2. The van der Waals surface area contributed by atoms with Crippen molar-refractivity contribution in [3.63, 3.8) is 0 Å². The van der Waals surface area contributed by atoms with Crippen molar-refractivity contribution >= 4 is 23.4 Å². The van der Waals surface area contributed by atoms with Gasteiger partial charge in [0.05, 0.1) is 16.9 Å². The fourth-order valence-electron chi connectivity index (χ4n) is 1.87. The summed E-state index contributed by atoms with van der Waals surface area (Å²) in [5.74, 6) is -2.64. The summed E-state index contributed by atoms with van der Waals surface area (Å²) in [6.45, 7) is 0.398. The topological polar surface area (TPSA) is 68.5 Å². The van der Waals surface area contributed by atoms with Crippen molar-refractivity contribution in [3.8, 4) is 5.88 Å². The number of hydrogen-bond donors (Lipinski definition) is 1. The molecule has 1 fully saturated rings. The van der Waals surface area contributed by atoms with Gasteiger partial charge in [0.15, 0.2) is 0 Å². The summed E-state index contributed by atoms with van der Waals surface area (Å²) in [5.41, 5.74) is 5.38. The van der Waals surface area contributed by atoms with Gasteiger partial charge in [0.2, 0.25) is 5.88 Å². The maximum atomic E-state index is 13.1. The van der Waals surface area contributed by atoms with E-state index in [1.54, 1.807) is 4.90 Å². The third-order valence-corrected chi connectivity index (χ3v) is 3.15. The molecule has 1 aromatic rings. The first kappa shape index (κ1) is 13.8. The molecule has 0 radical (unpaired) electrons. The monoisotopic (exact) mass is 291 g/mol. The number of aromatic nitrogens is 1. The molecular weight excluding hydrogens is 280 g/mol. The second-order valence-corrected chi connectivity index (χ2v) is 4.65. The quantitative estimate of drug-likeness (QED) is 0.908. The molecule has 0 atom stereocenters. The lowest BCUT2D eigenvalue weighted by Gasteiger charge is -2.33. The first-order valence-electron chi connectivity index (χ1n) is 5.63. The Bertz CT molecular complexity index is 489. The second-order valence-electron chi connectivity index (χ2n) is 4.24. The Labute approximate surface area is 113 Å². The van der Waals surface area contributed by atoms with Crippen molar-refractivity contribution < 1.29 is 18.3 Å². The van der Waals surface area contributed by atoms with Gasteiger partial charge in [-0.25, -0.2) is 18.6 Å². The summed E-state index contributed by atoms with van der Waals surface area (Å²) >= 11 is 6.02. The van der Waals surface area contributed by atoms with Gasteiger partial charge in [0, 0.05) is 32.0 Å². The van der Waals surface area contributed by atoms with E-state index in [9.17, 15) is 13.6 Å². The molecule has 5 nitrogen and oxygen atoms in total. The third kappa shape index (κ3) is 3.44. The van der Waals surface area contributed by atoms with E-state index in [2.05, 4.69) is 9.72 Å². The van der Waals surface area contributed by atoms with Gasteiger partial charge >= 0.3 is 6.09 Å². The van der Waals surface area contributed by atoms with Crippen molar-refractivity contribution in [3.05, 3.63) is 17.3 Å². The molecule has 0 aliphatic carbocycles. The molecule has 1 aliphatic rings. The van der Waals surface area contributed by atoms with Gasteiger partial charge in [0.25, 0.3) is 5.92 Å². The van der Waals surface area contributed by atoms with Crippen LogP contribution >= 0.6 is 11.6 Å². The van der Waals surface area contributed by atoms with Crippen LogP contribution in [-0.2, 0) is 0 Å². The molecule has 0 unspecified atom stereocenters. The smallest absolute Gasteiger partial charge is 0.391 e. The van der Waals surface area contributed by atoms with Crippen LogP contribution in [-0.4, -0.2) is 30.1 Å². The Morgan fingerprint density at radius 2 is 2.11 bits per heavy atom. The summed E-state index contributed by atoms with van der Waals surface area (Å²) in [5, 5.41) is 0.275. The predicted octanol–water partition coefficient (Wildman–Crippen LogP) is 2.43. The van der Waals surface area contributed by atoms with Crippen LogP contribution < -0.4 is 15.4 Å². The lowest BCUT2D eigenvalue weighted by molar-refractivity contribution is -0.0220. The largest absolute Gasteiger partial charge is 0.411 e. The average Bonchev–Trinajstić information content (AvgIpc) is 2.29. The normalized spacial score (nSPS) is 18.2. The van der Waals surface area contributed by atoms with E-state index in [0.717, 1.165) is 0 Å². The molecule has 19 heavy (non-hydrogen) atoms. The first-order valence-corrected chi connectivity index (χ1v) is 6.01. The van der Waals surface area contributed by atoms with Gasteiger partial charge in [0.1, 0.15) is 0 Å². The van der Waals surface area contributed by atoms with Crippen molar-refractivity contribution in [2.24, 2.45) is 5.73 Å². The van der Waals surface area contributed by atoms with Crippen LogP contribution in [0.25, 0.3) is 0 Å². The van der Waals surface area contributed by atoms with Gasteiger partial charge < -0.3 is 15.4 Å². The summed E-state index contributed by atoms with van der Waals surface area (Å²) in [4.78, 5) is 16.1. The lowest BCUT2D eigenvalue weighted by atomic mass is 10.1. The van der Waals surface area contributed by atoms with E-state index in [-0.39, 0.29) is 36.8 Å². The molecule has 104 valence electrons. The zero-order chi connectivity index (χ0) is 14.0. The number of hydrogen-bond acceptors (Lipinski definition) is 4. The highest BCUT2D eigenvalue weighted by atomic mass is 35.5. The number of alkyl halides is 2. The van der Waals surface area contributed by atoms with Crippen LogP contribution in [0.2, 0.25) is 5.02 Å². The molecule has 1 saturated heterocycles. The summed E-state index contributed by atoms with van der Waals surface area (Å²) in [6.07, 6.45) is -0.0515. The highest BCUT2D eigenvalue weighted by Crippen LogP contribution is 2.34. The zero-order valence-electron chi connectivity index (χ0n) is 9.91. The van der Waals surface area contributed by atoms with E-state index in [0.29, 0.717) is 5.69 Å².